The molecule has 1 saturated heterocycles. The first-order chi connectivity index (χ1) is 19.7. The molecular formula is C33H39N5O4. The maximum absolute atomic E-state index is 13.6. The van der Waals surface area contributed by atoms with Gasteiger partial charge in [0.1, 0.15) is 11.2 Å². The van der Waals surface area contributed by atoms with Crippen LogP contribution in [0.15, 0.2) is 54.6 Å². The molecule has 2 fully saturated rings. The summed E-state index contributed by atoms with van der Waals surface area (Å²) >= 11 is 0. The van der Waals surface area contributed by atoms with Gasteiger partial charge in [0.25, 0.3) is 0 Å². The number of nitriles is 1. The second-order valence-electron chi connectivity index (χ2n) is 13.3. The van der Waals surface area contributed by atoms with Crippen LogP contribution in [0.5, 0.6) is 0 Å². The number of aryl methyl sites for hydroxylation is 1. The van der Waals surface area contributed by atoms with E-state index in [9.17, 15) is 14.9 Å². The number of anilines is 1. The fraction of sp³-hybridized carbons (Fsp3) is 0.455. The first kappa shape index (κ1) is 29.2. The number of fused-ring (bicyclic) bond motifs is 1. The molecule has 1 aromatic heterocycles. The Bertz CT molecular complexity index is 1490. The molecule has 2 amide bonds. The number of carbonyl (C=O) groups is 2. The number of hydrogen-bond donors (Lipinski definition) is 0. The number of nitrogens with zero attached hydrogens (tertiary/aromatic N) is 5. The molecule has 0 N–H and O–H groups in total. The predicted molar refractivity (Wildman–Crippen MR) is 160 cm³/mol. The zero-order chi connectivity index (χ0) is 30.4. The molecule has 5 rings (SSSR count). The molecule has 0 bridgehead atoms. The molecule has 1 aliphatic carbocycles. The molecule has 1 aliphatic heterocycles. The molecule has 9 heteroatoms. The van der Waals surface area contributed by atoms with Crippen LogP contribution in [0.4, 0.5) is 15.4 Å². The lowest BCUT2D eigenvalue weighted by atomic mass is 10.1. The Hall–Kier alpha value is -4.32. The molecular weight excluding hydrogens is 530 g/mol. The lowest BCUT2D eigenvalue weighted by molar-refractivity contribution is 0.0264. The van der Waals surface area contributed by atoms with Crippen LogP contribution in [-0.4, -0.2) is 57.7 Å². The van der Waals surface area contributed by atoms with Gasteiger partial charge in [-0.25, -0.2) is 14.3 Å². The van der Waals surface area contributed by atoms with Crippen molar-refractivity contribution in [2.24, 2.45) is 17.8 Å². The second-order valence-corrected chi connectivity index (χ2v) is 13.3. The molecule has 3 atom stereocenters. The number of aromatic nitrogens is 2. The third kappa shape index (κ3) is 6.43. The van der Waals surface area contributed by atoms with Crippen molar-refractivity contribution in [3.05, 3.63) is 65.7 Å². The number of amides is 2. The van der Waals surface area contributed by atoms with E-state index in [-0.39, 0.29) is 12.0 Å². The van der Waals surface area contributed by atoms with E-state index in [2.05, 4.69) is 6.07 Å². The number of benzene rings is 2. The summed E-state index contributed by atoms with van der Waals surface area (Å²) in [4.78, 5) is 29.6. The van der Waals surface area contributed by atoms with E-state index in [1.165, 1.54) is 0 Å². The highest BCUT2D eigenvalue weighted by Gasteiger charge is 2.58. The standard InChI is InChI=1S/C33H39N5O4/c1-21-8-12-23(13-9-21)28-16-29(35-38(28)24-14-10-22(17-34)11-15-24)37(31(40)42-33(5,6)7)20-27-25-18-36(19-26(25)27)30(39)41-32(2,3)4/h8-16,25-27H,18-20H2,1-7H3/t25-,26?,27?/m1/s1. The van der Waals surface area contributed by atoms with Gasteiger partial charge in [0.2, 0.25) is 0 Å². The Morgan fingerprint density at radius 3 is 2.10 bits per heavy atom. The van der Waals surface area contributed by atoms with Crippen molar-refractivity contribution in [1.82, 2.24) is 14.7 Å². The molecule has 3 aromatic rings. The summed E-state index contributed by atoms with van der Waals surface area (Å²) in [6, 6.07) is 19.4. The highest BCUT2D eigenvalue weighted by atomic mass is 16.6. The van der Waals surface area contributed by atoms with Crippen LogP contribution < -0.4 is 4.90 Å². The van der Waals surface area contributed by atoms with Gasteiger partial charge >= 0.3 is 12.2 Å². The van der Waals surface area contributed by atoms with Gasteiger partial charge in [-0.1, -0.05) is 29.8 Å². The fourth-order valence-corrected chi connectivity index (χ4v) is 5.49. The summed E-state index contributed by atoms with van der Waals surface area (Å²) in [6.07, 6.45) is -0.752. The van der Waals surface area contributed by atoms with Gasteiger partial charge in [0, 0.05) is 31.3 Å². The fourth-order valence-electron chi connectivity index (χ4n) is 5.49. The third-order valence-electron chi connectivity index (χ3n) is 7.59. The van der Waals surface area contributed by atoms with E-state index in [0.29, 0.717) is 42.9 Å². The van der Waals surface area contributed by atoms with Crippen LogP contribution in [0.3, 0.4) is 0 Å². The molecule has 2 aromatic carbocycles. The minimum Gasteiger partial charge on any atom is -0.444 e. The van der Waals surface area contributed by atoms with Gasteiger partial charge in [-0.3, -0.25) is 4.90 Å². The van der Waals surface area contributed by atoms with Crippen LogP contribution in [0, 0.1) is 36.0 Å². The van der Waals surface area contributed by atoms with Crippen LogP contribution in [0.2, 0.25) is 0 Å². The maximum Gasteiger partial charge on any atom is 0.416 e. The molecule has 1 saturated carbocycles. The van der Waals surface area contributed by atoms with Gasteiger partial charge < -0.3 is 14.4 Å². The Morgan fingerprint density at radius 1 is 0.952 bits per heavy atom. The molecule has 2 heterocycles. The zero-order valence-electron chi connectivity index (χ0n) is 25.4. The summed E-state index contributed by atoms with van der Waals surface area (Å²) in [5.74, 6) is 1.29. The van der Waals surface area contributed by atoms with Crippen molar-refractivity contribution >= 4 is 18.0 Å². The van der Waals surface area contributed by atoms with Crippen molar-refractivity contribution in [1.29, 1.82) is 5.26 Å². The molecule has 0 spiro atoms. The second kappa shape index (κ2) is 10.8. The molecule has 2 unspecified atom stereocenters. The molecule has 0 radical (unpaired) electrons. The summed E-state index contributed by atoms with van der Waals surface area (Å²) in [7, 11) is 0. The van der Waals surface area contributed by atoms with E-state index < -0.39 is 17.3 Å². The van der Waals surface area contributed by atoms with Crippen LogP contribution in [-0.2, 0) is 9.47 Å². The Balaban J connectivity index is 1.45. The van der Waals surface area contributed by atoms with E-state index >= 15 is 0 Å². The van der Waals surface area contributed by atoms with E-state index in [1.807, 2.05) is 90.9 Å². The normalized spacial score (nSPS) is 19.6. The topological polar surface area (TPSA) is 101 Å². The zero-order valence-corrected chi connectivity index (χ0v) is 25.4. The molecule has 2 aliphatic rings. The van der Waals surface area contributed by atoms with Crippen molar-refractivity contribution in [3.8, 4) is 23.0 Å². The predicted octanol–water partition coefficient (Wildman–Crippen LogP) is 6.57. The van der Waals surface area contributed by atoms with Gasteiger partial charge in [0.05, 0.1) is 23.0 Å². The molecule has 9 nitrogen and oxygen atoms in total. The maximum atomic E-state index is 13.6. The van der Waals surface area contributed by atoms with Crippen molar-refractivity contribution in [2.75, 3.05) is 24.5 Å². The Kier molecular flexibility index (Phi) is 7.52. The monoisotopic (exact) mass is 569 g/mol. The summed E-state index contributed by atoms with van der Waals surface area (Å²) in [6.45, 7) is 14.8. The summed E-state index contributed by atoms with van der Waals surface area (Å²) < 4.78 is 13.2. The Labute approximate surface area is 247 Å². The SMILES string of the molecule is Cc1ccc(-c2cc(N(CC3C4CN(C(=O)OC(C)(C)C)C[C@H]43)C(=O)OC(C)(C)C)nn2-c2ccc(C#N)cc2)cc1. The first-order valence-corrected chi connectivity index (χ1v) is 14.4. The quantitative estimate of drug-likeness (QED) is 0.344. The number of ether oxygens (including phenoxy) is 2. The van der Waals surface area contributed by atoms with Crippen molar-refractivity contribution in [3.63, 3.8) is 0 Å². The third-order valence-corrected chi connectivity index (χ3v) is 7.59. The minimum absolute atomic E-state index is 0.221. The number of piperidine rings is 1. The average Bonchev–Trinajstić information content (AvgIpc) is 3.23. The van der Waals surface area contributed by atoms with E-state index in [0.717, 1.165) is 22.5 Å². The van der Waals surface area contributed by atoms with Crippen molar-refractivity contribution in [2.45, 2.75) is 59.7 Å². The minimum atomic E-state index is -0.683. The van der Waals surface area contributed by atoms with Crippen LogP contribution in [0.25, 0.3) is 16.9 Å². The van der Waals surface area contributed by atoms with Gasteiger partial charge in [-0.15, -0.1) is 5.10 Å². The first-order valence-electron chi connectivity index (χ1n) is 14.4. The number of carbonyl (C=O) groups excluding carboxylic acids is 2. The number of rotatable bonds is 5. The van der Waals surface area contributed by atoms with Crippen LogP contribution in [0.1, 0.15) is 52.7 Å². The van der Waals surface area contributed by atoms with Crippen LogP contribution >= 0.6 is 0 Å². The van der Waals surface area contributed by atoms with Gasteiger partial charge in [-0.2, -0.15) is 5.26 Å². The lowest BCUT2D eigenvalue weighted by Gasteiger charge is -2.28. The highest BCUT2D eigenvalue weighted by Crippen LogP contribution is 2.52. The summed E-state index contributed by atoms with van der Waals surface area (Å²) in [5.41, 5.74) is 3.01. The Morgan fingerprint density at radius 2 is 1.55 bits per heavy atom. The van der Waals surface area contributed by atoms with Gasteiger partial charge in [-0.05, 0) is 90.5 Å². The van der Waals surface area contributed by atoms with E-state index in [1.54, 1.807) is 26.6 Å². The lowest BCUT2D eigenvalue weighted by Crippen LogP contribution is -2.41. The largest absolute Gasteiger partial charge is 0.444 e. The summed E-state index contributed by atoms with van der Waals surface area (Å²) in [5, 5.41) is 14.2. The van der Waals surface area contributed by atoms with Crippen molar-refractivity contribution < 1.29 is 19.1 Å². The average molecular weight is 570 g/mol. The van der Waals surface area contributed by atoms with Gasteiger partial charge in [0.15, 0.2) is 5.82 Å². The highest BCUT2D eigenvalue weighted by molar-refractivity contribution is 5.88. The smallest absolute Gasteiger partial charge is 0.416 e. The molecule has 42 heavy (non-hydrogen) atoms. The number of likely N-dealkylation sites (tertiary alicyclic amines) is 1. The molecule has 220 valence electrons. The number of hydrogen-bond acceptors (Lipinski definition) is 6. The van der Waals surface area contributed by atoms with E-state index in [4.69, 9.17) is 14.6 Å².